The minimum absolute atomic E-state index is 0.106. The summed E-state index contributed by atoms with van der Waals surface area (Å²) in [6.45, 7) is 10.5. The molecule has 0 aromatic rings. The lowest BCUT2D eigenvalue weighted by Crippen LogP contribution is -2.49. The molecule has 0 spiro atoms. The maximum atomic E-state index is 11.5. The monoisotopic (exact) mass is 243 g/mol. The molecule has 5 heteroatoms. The van der Waals surface area contributed by atoms with Gasteiger partial charge >= 0.3 is 0 Å². The summed E-state index contributed by atoms with van der Waals surface area (Å²) in [6.07, 6.45) is 0.887. The fourth-order valence-corrected chi connectivity index (χ4v) is 1.10. The SMILES string of the molecule is CCCNC(=O)C(C)NC(=O)CNC(C)(C)C. The zero-order valence-electron chi connectivity index (χ0n) is 11.5. The summed E-state index contributed by atoms with van der Waals surface area (Å²) >= 11 is 0. The second-order valence-corrected chi connectivity index (χ2v) is 5.18. The zero-order valence-corrected chi connectivity index (χ0v) is 11.5. The minimum atomic E-state index is -0.490. The fourth-order valence-electron chi connectivity index (χ4n) is 1.10. The standard InChI is InChI=1S/C12H25N3O2/c1-6-7-13-11(17)9(2)15-10(16)8-14-12(3,4)5/h9,14H,6-8H2,1-5H3,(H,13,17)(H,15,16). The van der Waals surface area contributed by atoms with Crippen molar-refractivity contribution in [2.45, 2.75) is 52.6 Å². The van der Waals surface area contributed by atoms with Crippen LogP contribution < -0.4 is 16.0 Å². The lowest BCUT2D eigenvalue weighted by molar-refractivity contribution is -0.128. The molecule has 0 aliphatic heterocycles. The largest absolute Gasteiger partial charge is 0.354 e. The molecule has 0 radical (unpaired) electrons. The van der Waals surface area contributed by atoms with Crippen LogP contribution in [0.1, 0.15) is 41.0 Å². The van der Waals surface area contributed by atoms with Crippen molar-refractivity contribution in [1.29, 1.82) is 0 Å². The third-order valence-electron chi connectivity index (χ3n) is 2.10. The van der Waals surface area contributed by atoms with E-state index in [0.717, 1.165) is 6.42 Å². The lowest BCUT2D eigenvalue weighted by atomic mass is 10.1. The fraction of sp³-hybridized carbons (Fsp3) is 0.833. The van der Waals surface area contributed by atoms with E-state index in [-0.39, 0.29) is 23.9 Å². The Kier molecular flexibility index (Phi) is 6.80. The number of amides is 2. The van der Waals surface area contributed by atoms with Gasteiger partial charge in [-0.05, 0) is 34.1 Å². The molecule has 0 rings (SSSR count). The Morgan fingerprint density at radius 1 is 1.24 bits per heavy atom. The van der Waals surface area contributed by atoms with E-state index in [4.69, 9.17) is 0 Å². The number of nitrogens with one attached hydrogen (secondary N) is 3. The molecule has 100 valence electrons. The van der Waals surface area contributed by atoms with Gasteiger partial charge in [-0.1, -0.05) is 6.92 Å². The van der Waals surface area contributed by atoms with Gasteiger partial charge in [-0.2, -0.15) is 0 Å². The van der Waals surface area contributed by atoms with Gasteiger partial charge in [0.1, 0.15) is 6.04 Å². The Balaban J connectivity index is 3.91. The molecule has 0 aliphatic carbocycles. The first-order valence-electron chi connectivity index (χ1n) is 6.08. The van der Waals surface area contributed by atoms with E-state index in [0.29, 0.717) is 6.54 Å². The van der Waals surface area contributed by atoms with Gasteiger partial charge in [-0.15, -0.1) is 0 Å². The topological polar surface area (TPSA) is 70.2 Å². The molecule has 1 atom stereocenters. The second kappa shape index (κ2) is 7.27. The first-order valence-corrected chi connectivity index (χ1v) is 6.08. The van der Waals surface area contributed by atoms with Crippen molar-refractivity contribution in [2.75, 3.05) is 13.1 Å². The highest BCUT2D eigenvalue weighted by molar-refractivity contribution is 5.87. The van der Waals surface area contributed by atoms with Crippen LogP contribution in [0.3, 0.4) is 0 Å². The van der Waals surface area contributed by atoms with Crippen LogP contribution in [0.25, 0.3) is 0 Å². The summed E-state index contributed by atoms with van der Waals surface area (Å²) in [5.41, 5.74) is -0.106. The maximum absolute atomic E-state index is 11.5. The molecule has 0 fully saturated rings. The Labute approximate surface area is 104 Å². The van der Waals surface area contributed by atoms with Crippen LogP contribution in [-0.4, -0.2) is 36.5 Å². The summed E-state index contributed by atoms with van der Waals surface area (Å²) in [6, 6.07) is -0.490. The molecule has 1 unspecified atom stereocenters. The number of hydrogen-bond acceptors (Lipinski definition) is 3. The van der Waals surface area contributed by atoms with Gasteiger partial charge in [-0.3, -0.25) is 9.59 Å². The van der Waals surface area contributed by atoms with Gasteiger partial charge in [0, 0.05) is 12.1 Å². The first-order chi connectivity index (χ1) is 7.76. The van der Waals surface area contributed by atoms with Crippen LogP contribution in [0.2, 0.25) is 0 Å². The first kappa shape index (κ1) is 15.9. The van der Waals surface area contributed by atoms with Crippen molar-refractivity contribution in [3.05, 3.63) is 0 Å². The van der Waals surface area contributed by atoms with E-state index in [2.05, 4.69) is 16.0 Å². The van der Waals surface area contributed by atoms with Gasteiger partial charge < -0.3 is 16.0 Å². The molecule has 17 heavy (non-hydrogen) atoms. The maximum Gasteiger partial charge on any atom is 0.242 e. The molecule has 5 nitrogen and oxygen atoms in total. The van der Waals surface area contributed by atoms with E-state index < -0.39 is 6.04 Å². The normalized spacial score (nSPS) is 13.0. The molecule has 0 aromatic carbocycles. The summed E-state index contributed by atoms with van der Waals surface area (Å²) in [4.78, 5) is 23.0. The van der Waals surface area contributed by atoms with Gasteiger partial charge in [0.2, 0.25) is 11.8 Å². The highest BCUT2D eigenvalue weighted by Crippen LogP contribution is 1.96. The summed E-state index contributed by atoms with van der Waals surface area (Å²) < 4.78 is 0. The molecule has 0 saturated carbocycles. The highest BCUT2D eigenvalue weighted by atomic mass is 16.2. The number of rotatable bonds is 6. The molecular formula is C12H25N3O2. The predicted molar refractivity (Wildman–Crippen MR) is 68.7 cm³/mol. The molecule has 2 amide bonds. The van der Waals surface area contributed by atoms with E-state index in [1.54, 1.807) is 6.92 Å². The lowest BCUT2D eigenvalue weighted by Gasteiger charge is -2.21. The molecule has 0 aromatic heterocycles. The molecule has 0 aliphatic rings. The number of carbonyl (C=O) groups is 2. The number of hydrogen-bond donors (Lipinski definition) is 3. The Bertz CT molecular complexity index is 259. The highest BCUT2D eigenvalue weighted by Gasteiger charge is 2.16. The van der Waals surface area contributed by atoms with Gasteiger partial charge in [0.15, 0.2) is 0 Å². The van der Waals surface area contributed by atoms with E-state index in [1.165, 1.54) is 0 Å². The van der Waals surface area contributed by atoms with Crippen LogP contribution in [0.15, 0.2) is 0 Å². The molecule has 0 bridgehead atoms. The van der Waals surface area contributed by atoms with Crippen LogP contribution in [0, 0.1) is 0 Å². The molecule has 3 N–H and O–H groups in total. The third-order valence-corrected chi connectivity index (χ3v) is 2.10. The summed E-state index contributed by atoms with van der Waals surface area (Å²) in [5.74, 6) is -0.310. The van der Waals surface area contributed by atoms with Crippen LogP contribution in [0.5, 0.6) is 0 Å². The third kappa shape index (κ3) is 8.68. The summed E-state index contributed by atoms with van der Waals surface area (Å²) in [7, 11) is 0. The Morgan fingerprint density at radius 3 is 2.29 bits per heavy atom. The van der Waals surface area contributed by atoms with Gasteiger partial charge in [-0.25, -0.2) is 0 Å². The average Bonchev–Trinajstić information content (AvgIpc) is 2.22. The average molecular weight is 243 g/mol. The van der Waals surface area contributed by atoms with Crippen molar-refractivity contribution in [2.24, 2.45) is 0 Å². The Hall–Kier alpha value is -1.10. The minimum Gasteiger partial charge on any atom is -0.354 e. The van der Waals surface area contributed by atoms with Crippen molar-refractivity contribution in [1.82, 2.24) is 16.0 Å². The van der Waals surface area contributed by atoms with Crippen molar-refractivity contribution >= 4 is 11.8 Å². The van der Waals surface area contributed by atoms with E-state index >= 15 is 0 Å². The van der Waals surface area contributed by atoms with Crippen molar-refractivity contribution in [3.8, 4) is 0 Å². The number of carbonyl (C=O) groups excluding carboxylic acids is 2. The van der Waals surface area contributed by atoms with Crippen LogP contribution >= 0.6 is 0 Å². The van der Waals surface area contributed by atoms with Crippen LogP contribution in [-0.2, 0) is 9.59 Å². The predicted octanol–water partition coefficient (Wildman–Crippen LogP) is 0.405. The quantitative estimate of drug-likeness (QED) is 0.632. The van der Waals surface area contributed by atoms with Gasteiger partial charge in [0.25, 0.3) is 0 Å². The Morgan fingerprint density at radius 2 is 1.82 bits per heavy atom. The van der Waals surface area contributed by atoms with Crippen molar-refractivity contribution < 1.29 is 9.59 Å². The van der Waals surface area contributed by atoms with E-state index in [9.17, 15) is 9.59 Å². The van der Waals surface area contributed by atoms with Crippen molar-refractivity contribution in [3.63, 3.8) is 0 Å². The molecular weight excluding hydrogens is 218 g/mol. The molecule has 0 saturated heterocycles. The zero-order chi connectivity index (χ0) is 13.5. The van der Waals surface area contributed by atoms with E-state index in [1.807, 2.05) is 27.7 Å². The van der Waals surface area contributed by atoms with Gasteiger partial charge in [0.05, 0.1) is 6.54 Å². The summed E-state index contributed by atoms with van der Waals surface area (Å²) in [5, 5.41) is 8.45. The smallest absolute Gasteiger partial charge is 0.242 e. The second-order valence-electron chi connectivity index (χ2n) is 5.18. The van der Waals surface area contributed by atoms with Crippen LogP contribution in [0.4, 0.5) is 0 Å². The molecule has 0 heterocycles.